The molecule has 8 nitrogen and oxygen atoms in total. The molecule has 1 heterocycles. The Hall–Kier alpha value is -4.24. The van der Waals surface area contributed by atoms with E-state index in [2.05, 4.69) is 5.32 Å². The van der Waals surface area contributed by atoms with Gasteiger partial charge < -0.3 is 25.4 Å². The summed E-state index contributed by atoms with van der Waals surface area (Å²) in [7, 11) is 1.55. The largest absolute Gasteiger partial charge is 0.507 e. The molecule has 4 N–H and O–H groups in total. The number of methoxy groups -OCH3 is 1. The first-order chi connectivity index (χ1) is 20.8. The molecule has 3 aromatic rings. The molecule has 1 saturated heterocycles. The number of phenols is 1. The highest BCUT2D eigenvalue weighted by Gasteiger charge is 2.55. The molecule has 1 aliphatic carbocycles. The van der Waals surface area contributed by atoms with Crippen LogP contribution in [0.3, 0.4) is 0 Å². The highest BCUT2D eigenvalue weighted by Crippen LogP contribution is 2.47. The number of hydrogen-bond acceptors (Lipinski definition) is 7. The van der Waals surface area contributed by atoms with Gasteiger partial charge in [-0.15, -0.1) is 0 Å². The van der Waals surface area contributed by atoms with Gasteiger partial charge in [-0.2, -0.15) is 0 Å². The van der Waals surface area contributed by atoms with Crippen molar-refractivity contribution in [3.8, 4) is 5.75 Å². The summed E-state index contributed by atoms with van der Waals surface area (Å²) in [6.07, 6.45) is 2.12. The van der Waals surface area contributed by atoms with Gasteiger partial charge in [0.25, 0.3) is 0 Å². The molecule has 0 aromatic heterocycles. The van der Waals surface area contributed by atoms with Crippen LogP contribution in [-0.4, -0.2) is 53.6 Å². The van der Waals surface area contributed by atoms with Gasteiger partial charge in [0.1, 0.15) is 5.75 Å². The third-order valence-electron chi connectivity index (χ3n) is 8.40. The van der Waals surface area contributed by atoms with Crippen LogP contribution in [-0.2, 0) is 14.3 Å². The third kappa shape index (κ3) is 6.41. The fourth-order valence-corrected chi connectivity index (χ4v) is 6.37. The van der Waals surface area contributed by atoms with Crippen LogP contribution in [0.25, 0.3) is 6.08 Å². The number of amides is 2. The van der Waals surface area contributed by atoms with Crippen LogP contribution < -0.4 is 10.2 Å². The number of carbonyl (C=O) groups is 2. The fraction of sp³-hybridized carbons (Fsp3) is 0.314. The SMILES string of the molecule is COCC1=C([C@H](O)CC/C(C)=C/c2ccccc2O)[C@H](CO)[C@@H]2C(=O)N(c3ccc(Nc4ccccc4)cc3)C(=O)[C@@H]2C1. The molecule has 0 spiro atoms. The van der Waals surface area contributed by atoms with E-state index < -0.39 is 23.9 Å². The van der Waals surface area contributed by atoms with Gasteiger partial charge in [0.05, 0.1) is 36.8 Å². The van der Waals surface area contributed by atoms with Crippen molar-refractivity contribution >= 4 is 35.0 Å². The summed E-state index contributed by atoms with van der Waals surface area (Å²) in [5, 5.41) is 35.4. The summed E-state index contributed by atoms with van der Waals surface area (Å²) < 4.78 is 5.45. The number of aliphatic hydroxyl groups excluding tert-OH is 2. The maximum Gasteiger partial charge on any atom is 0.238 e. The van der Waals surface area contributed by atoms with Crippen LogP contribution in [0, 0.1) is 17.8 Å². The minimum absolute atomic E-state index is 0.183. The quantitative estimate of drug-likeness (QED) is 0.176. The molecule has 4 atom stereocenters. The second-order valence-corrected chi connectivity index (χ2v) is 11.3. The van der Waals surface area contributed by atoms with E-state index in [4.69, 9.17) is 4.74 Å². The average Bonchev–Trinajstić information content (AvgIpc) is 3.26. The number of phenolic OH excluding ortho intramolecular Hbond substituents is 1. The standard InChI is InChI=1S/C35H38N2O6/c1-22(18-23-8-6-7-11-30(23)39)12-17-31(40)32-24(21-43-2)19-28-33(29(32)20-38)35(42)37(34(28)41)27-15-13-26(14-16-27)36-25-9-4-3-5-10-25/h3-11,13-16,18,28-29,31,33,36,38-40H,12,17,19-21H2,1-2H3/b22-18+/t28-,29+,31-,33-/m1/s1. The number of aliphatic hydroxyl groups is 2. The summed E-state index contributed by atoms with van der Waals surface area (Å²) in [5.74, 6) is -2.61. The smallest absolute Gasteiger partial charge is 0.238 e. The number of nitrogens with zero attached hydrogens (tertiary/aromatic N) is 1. The topological polar surface area (TPSA) is 119 Å². The first-order valence-corrected chi connectivity index (χ1v) is 14.6. The van der Waals surface area contributed by atoms with Crippen molar-refractivity contribution < 1.29 is 29.6 Å². The van der Waals surface area contributed by atoms with Crippen molar-refractivity contribution in [1.29, 1.82) is 0 Å². The number of benzene rings is 3. The Kier molecular flexibility index (Phi) is 9.40. The van der Waals surface area contributed by atoms with Crippen LogP contribution in [0.2, 0.25) is 0 Å². The lowest BCUT2D eigenvalue weighted by atomic mass is 9.68. The highest BCUT2D eigenvalue weighted by molar-refractivity contribution is 6.22. The number of anilines is 3. The van der Waals surface area contributed by atoms with E-state index in [1.165, 1.54) is 4.90 Å². The van der Waals surface area contributed by atoms with Crippen molar-refractivity contribution in [2.45, 2.75) is 32.3 Å². The van der Waals surface area contributed by atoms with Gasteiger partial charge in [0.15, 0.2) is 0 Å². The second-order valence-electron chi connectivity index (χ2n) is 11.3. The summed E-state index contributed by atoms with van der Waals surface area (Å²) in [6, 6.07) is 23.9. The number of rotatable bonds is 11. The van der Waals surface area contributed by atoms with Gasteiger partial charge in [-0.1, -0.05) is 48.0 Å². The van der Waals surface area contributed by atoms with E-state index >= 15 is 0 Å². The Balaban J connectivity index is 1.35. The van der Waals surface area contributed by atoms with E-state index in [1.54, 1.807) is 31.4 Å². The molecular formula is C35H38N2O6. The first kappa shape index (κ1) is 30.2. The second kappa shape index (κ2) is 13.4. The number of nitrogens with one attached hydrogen (secondary N) is 1. The maximum atomic E-state index is 13.8. The Labute approximate surface area is 251 Å². The normalized spacial score (nSPS) is 21.3. The predicted octanol–water partition coefficient (Wildman–Crippen LogP) is 5.44. The van der Waals surface area contributed by atoms with Gasteiger partial charge >= 0.3 is 0 Å². The number of hydrogen-bond donors (Lipinski definition) is 4. The van der Waals surface area contributed by atoms with Gasteiger partial charge in [-0.05, 0) is 79.8 Å². The van der Waals surface area contributed by atoms with Crippen LogP contribution in [0.4, 0.5) is 17.1 Å². The van der Waals surface area contributed by atoms with Gasteiger partial charge in [0, 0.05) is 30.0 Å². The first-order valence-electron chi connectivity index (χ1n) is 14.6. The molecule has 3 aromatic carbocycles. The van der Waals surface area contributed by atoms with Crippen molar-refractivity contribution in [1.82, 2.24) is 0 Å². The molecule has 5 rings (SSSR count). The van der Waals surface area contributed by atoms with E-state index in [0.717, 1.165) is 22.5 Å². The summed E-state index contributed by atoms with van der Waals surface area (Å²) in [6.45, 7) is 1.75. The Morgan fingerprint density at radius 1 is 1.00 bits per heavy atom. The number of fused-ring (bicyclic) bond motifs is 1. The lowest BCUT2D eigenvalue weighted by Gasteiger charge is -2.36. The molecule has 0 radical (unpaired) electrons. The molecule has 43 heavy (non-hydrogen) atoms. The molecule has 0 bridgehead atoms. The Bertz CT molecular complexity index is 1510. The van der Waals surface area contributed by atoms with E-state index in [1.807, 2.05) is 67.6 Å². The predicted molar refractivity (Wildman–Crippen MR) is 167 cm³/mol. The van der Waals surface area contributed by atoms with Gasteiger partial charge in [-0.25, -0.2) is 0 Å². The molecule has 0 saturated carbocycles. The van der Waals surface area contributed by atoms with Gasteiger partial charge in [-0.3, -0.25) is 14.5 Å². The van der Waals surface area contributed by atoms with Crippen LogP contribution >= 0.6 is 0 Å². The lowest BCUT2D eigenvalue weighted by Crippen LogP contribution is -2.39. The number of carbonyl (C=O) groups excluding carboxylic acids is 2. The Morgan fingerprint density at radius 3 is 2.35 bits per heavy atom. The molecule has 1 fully saturated rings. The van der Waals surface area contributed by atoms with Crippen molar-refractivity contribution in [3.05, 3.63) is 101 Å². The average molecular weight is 583 g/mol. The lowest BCUT2D eigenvalue weighted by molar-refractivity contribution is -0.123. The molecule has 8 heteroatoms. The van der Waals surface area contributed by atoms with Crippen LogP contribution in [0.1, 0.15) is 31.7 Å². The summed E-state index contributed by atoms with van der Waals surface area (Å²) >= 11 is 0. The molecule has 224 valence electrons. The summed E-state index contributed by atoms with van der Waals surface area (Å²) in [4.78, 5) is 28.7. The monoisotopic (exact) mass is 582 g/mol. The minimum atomic E-state index is -0.934. The van der Waals surface area contributed by atoms with Crippen LogP contribution in [0.5, 0.6) is 5.75 Å². The van der Waals surface area contributed by atoms with Crippen molar-refractivity contribution in [3.63, 3.8) is 0 Å². The molecule has 0 unspecified atom stereocenters. The molecule has 1 aliphatic heterocycles. The highest BCUT2D eigenvalue weighted by atomic mass is 16.5. The zero-order chi connectivity index (χ0) is 30.5. The fourth-order valence-electron chi connectivity index (χ4n) is 6.37. The number of imide groups is 1. The zero-order valence-corrected chi connectivity index (χ0v) is 24.4. The third-order valence-corrected chi connectivity index (χ3v) is 8.40. The minimum Gasteiger partial charge on any atom is -0.507 e. The van der Waals surface area contributed by atoms with Crippen LogP contribution in [0.15, 0.2) is 95.6 Å². The van der Waals surface area contributed by atoms with Crippen molar-refractivity contribution in [2.24, 2.45) is 17.8 Å². The zero-order valence-electron chi connectivity index (χ0n) is 24.4. The maximum absolute atomic E-state index is 13.8. The molecule has 2 aliphatic rings. The van der Waals surface area contributed by atoms with Crippen molar-refractivity contribution in [2.75, 3.05) is 30.5 Å². The number of para-hydroxylation sites is 2. The van der Waals surface area contributed by atoms with E-state index in [-0.39, 0.29) is 37.2 Å². The summed E-state index contributed by atoms with van der Waals surface area (Å²) in [5.41, 5.74) is 5.22. The van der Waals surface area contributed by atoms with E-state index in [9.17, 15) is 24.9 Å². The Morgan fingerprint density at radius 2 is 1.67 bits per heavy atom. The van der Waals surface area contributed by atoms with Gasteiger partial charge in [0.2, 0.25) is 11.8 Å². The molecular weight excluding hydrogens is 544 g/mol. The number of ether oxygens (including phenoxy) is 1. The molecule has 2 amide bonds. The van der Waals surface area contributed by atoms with E-state index in [0.29, 0.717) is 29.7 Å². The number of aromatic hydroxyl groups is 1. The number of allylic oxidation sites excluding steroid dienone is 1.